The molecule has 1 N–H and O–H groups in total. The zero-order chi connectivity index (χ0) is 19.4. The lowest BCUT2D eigenvalue weighted by Crippen LogP contribution is -2.48. The number of carbonyl (C=O) groups excluding carboxylic acids is 1. The Kier molecular flexibility index (Phi) is 5.76. The van der Waals surface area contributed by atoms with Crippen LogP contribution >= 0.6 is 12.2 Å². The third-order valence-electron chi connectivity index (χ3n) is 4.43. The second-order valence-corrected chi connectivity index (χ2v) is 6.40. The molecular weight excluding hydrogens is 360 g/mol. The highest BCUT2D eigenvalue weighted by Crippen LogP contribution is 2.37. The van der Waals surface area contributed by atoms with Crippen molar-refractivity contribution in [3.63, 3.8) is 0 Å². The standard InChI is InChI=1S/C21H22N2O3S/c1-4-26-17-13-9-8-12-16(17)19-18(20(24)25-3)14(2)23(21(27)22-19)15-10-6-5-7-11-15/h5-13,19H,4H2,1-3H3,(H,22,27)/t19-/m0/s1. The van der Waals surface area contributed by atoms with Crippen molar-refractivity contribution in [3.05, 3.63) is 71.4 Å². The minimum Gasteiger partial charge on any atom is -0.494 e. The van der Waals surface area contributed by atoms with Gasteiger partial charge in [-0.3, -0.25) is 4.90 Å². The van der Waals surface area contributed by atoms with Crippen molar-refractivity contribution in [1.82, 2.24) is 5.32 Å². The lowest BCUT2D eigenvalue weighted by molar-refractivity contribution is -0.136. The van der Waals surface area contributed by atoms with E-state index >= 15 is 0 Å². The quantitative estimate of drug-likeness (QED) is 0.624. The van der Waals surface area contributed by atoms with E-state index < -0.39 is 12.0 Å². The number of hydrogen-bond acceptors (Lipinski definition) is 4. The fourth-order valence-corrected chi connectivity index (χ4v) is 3.60. The van der Waals surface area contributed by atoms with E-state index in [2.05, 4.69) is 5.32 Å². The molecule has 1 aliphatic heterocycles. The van der Waals surface area contributed by atoms with E-state index in [0.29, 0.717) is 23.0 Å². The van der Waals surface area contributed by atoms with Crippen molar-refractivity contribution in [1.29, 1.82) is 0 Å². The first-order chi connectivity index (χ1) is 13.1. The summed E-state index contributed by atoms with van der Waals surface area (Å²) in [6, 6.07) is 16.9. The summed E-state index contributed by atoms with van der Waals surface area (Å²) in [5.41, 5.74) is 2.95. The number of esters is 1. The van der Waals surface area contributed by atoms with Gasteiger partial charge >= 0.3 is 5.97 Å². The van der Waals surface area contributed by atoms with Crippen LogP contribution in [0.2, 0.25) is 0 Å². The predicted octanol–water partition coefficient (Wildman–Crippen LogP) is 3.97. The Morgan fingerprint density at radius 3 is 2.48 bits per heavy atom. The Hall–Kier alpha value is -2.86. The fraction of sp³-hybridized carbons (Fsp3) is 0.238. The van der Waals surface area contributed by atoms with E-state index in [4.69, 9.17) is 21.7 Å². The van der Waals surface area contributed by atoms with Crippen LogP contribution in [0.4, 0.5) is 5.69 Å². The van der Waals surface area contributed by atoms with E-state index in [9.17, 15) is 4.79 Å². The smallest absolute Gasteiger partial charge is 0.337 e. The number of rotatable bonds is 5. The molecule has 0 fully saturated rings. The number of hydrogen-bond donors (Lipinski definition) is 1. The normalized spacial score (nSPS) is 16.8. The molecule has 0 bridgehead atoms. The minimum absolute atomic E-state index is 0.403. The molecule has 1 atom stereocenters. The summed E-state index contributed by atoms with van der Waals surface area (Å²) in [6.45, 7) is 4.33. The van der Waals surface area contributed by atoms with Gasteiger partial charge in [-0.15, -0.1) is 0 Å². The largest absolute Gasteiger partial charge is 0.494 e. The molecule has 140 valence electrons. The Morgan fingerprint density at radius 2 is 1.81 bits per heavy atom. The summed E-state index contributed by atoms with van der Waals surface area (Å²) in [5, 5.41) is 3.81. The van der Waals surface area contributed by atoms with Crippen LogP contribution in [0.5, 0.6) is 5.75 Å². The molecule has 5 nitrogen and oxygen atoms in total. The van der Waals surface area contributed by atoms with E-state index in [1.807, 2.05) is 73.3 Å². The number of anilines is 1. The van der Waals surface area contributed by atoms with Gasteiger partial charge in [0.15, 0.2) is 5.11 Å². The zero-order valence-electron chi connectivity index (χ0n) is 15.6. The lowest BCUT2D eigenvalue weighted by Gasteiger charge is -2.37. The van der Waals surface area contributed by atoms with Crippen LogP contribution in [0.25, 0.3) is 0 Å². The van der Waals surface area contributed by atoms with Gasteiger partial charge in [0, 0.05) is 16.9 Å². The Labute approximate surface area is 164 Å². The maximum atomic E-state index is 12.7. The van der Waals surface area contributed by atoms with Crippen LogP contribution in [0.3, 0.4) is 0 Å². The molecule has 0 unspecified atom stereocenters. The zero-order valence-corrected chi connectivity index (χ0v) is 16.4. The Bertz CT molecular complexity index is 880. The van der Waals surface area contributed by atoms with E-state index in [0.717, 1.165) is 16.9 Å². The monoisotopic (exact) mass is 382 g/mol. The van der Waals surface area contributed by atoms with Crippen molar-refractivity contribution in [2.45, 2.75) is 19.9 Å². The van der Waals surface area contributed by atoms with Gasteiger partial charge in [0.2, 0.25) is 0 Å². The molecule has 0 aromatic heterocycles. The number of para-hydroxylation sites is 2. The molecule has 0 amide bonds. The Morgan fingerprint density at radius 1 is 1.15 bits per heavy atom. The molecule has 1 heterocycles. The van der Waals surface area contributed by atoms with Gasteiger partial charge in [0.05, 0.1) is 25.3 Å². The van der Waals surface area contributed by atoms with E-state index in [1.54, 1.807) is 0 Å². The van der Waals surface area contributed by atoms with E-state index in [-0.39, 0.29) is 0 Å². The number of allylic oxidation sites excluding steroid dienone is 1. The van der Waals surface area contributed by atoms with Crippen molar-refractivity contribution in [2.75, 3.05) is 18.6 Å². The van der Waals surface area contributed by atoms with Crippen molar-refractivity contribution in [2.24, 2.45) is 0 Å². The highest BCUT2D eigenvalue weighted by molar-refractivity contribution is 7.80. The third kappa shape index (κ3) is 3.66. The van der Waals surface area contributed by atoms with Gasteiger partial charge in [0.1, 0.15) is 5.75 Å². The molecule has 2 aromatic rings. The van der Waals surface area contributed by atoms with Crippen LogP contribution in [0, 0.1) is 0 Å². The third-order valence-corrected chi connectivity index (χ3v) is 4.73. The minimum atomic E-state index is -0.451. The topological polar surface area (TPSA) is 50.8 Å². The molecule has 2 aromatic carbocycles. The maximum absolute atomic E-state index is 12.7. The summed E-state index contributed by atoms with van der Waals surface area (Å²) in [4.78, 5) is 14.5. The van der Waals surface area contributed by atoms with Gasteiger partial charge in [-0.25, -0.2) is 4.79 Å². The average Bonchev–Trinajstić information content (AvgIpc) is 2.68. The highest BCUT2D eigenvalue weighted by atomic mass is 32.1. The van der Waals surface area contributed by atoms with Gasteiger partial charge in [-0.2, -0.15) is 0 Å². The van der Waals surface area contributed by atoms with Gasteiger partial charge in [-0.1, -0.05) is 36.4 Å². The molecule has 0 aliphatic carbocycles. The second-order valence-electron chi connectivity index (χ2n) is 6.01. The van der Waals surface area contributed by atoms with Crippen LogP contribution in [0.1, 0.15) is 25.5 Å². The summed E-state index contributed by atoms with van der Waals surface area (Å²) in [6.07, 6.45) is 0. The summed E-state index contributed by atoms with van der Waals surface area (Å²) < 4.78 is 10.8. The van der Waals surface area contributed by atoms with Gasteiger partial charge in [0.25, 0.3) is 0 Å². The van der Waals surface area contributed by atoms with Crippen molar-refractivity contribution in [3.8, 4) is 5.75 Å². The Balaban J connectivity index is 2.15. The number of thiocarbonyl (C=S) groups is 1. The number of nitrogens with zero attached hydrogens (tertiary/aromatic N) is 1. The van der Waals surface area contributed by atoms with Crippen LogP contribution in [-0.2, 0) is 9.53 Å². The molecule has 6 heteroatoms. The van der Waals surface area contributed by atoms with Gasteiger partial charge in [-0.05, 0) is 44.3 Å². The first kappa shape index (κ1) is 18.9. The maximum Gasteiger partial charge on any atom is 0.337 e. The number of nitrogens with one attached hydrogen (secondary N) is 1. The van der Waals surface area contributed by atoms with Crippen LogP contribution in [0.15, 0.2) is 65.9 Å². The molecule has 0 spiro atoms. The molecule has 1 aliphatic rings. The first-order valence-corrected chi connectivity index (χ1v) is 9.15. The average molecular weight is 382 g/mol. The molecule has 3 rings (SSSR count). The summed E-state index contributed by atoms with van der Waals surface area (Å²) in [5.74, 6) is 0.308. The number of methoxy groups -OCH3 is 1. The molecule has 27 heavy (non-hydrogen) atoms. The predicted molar refractivity (Wildman–Crippen MR) is 110 cm³/mol. The first-order valence-electron chi connectivity index (χ1n) is 8.75. The number of carbonyl (C=O) groups is 1. The van der Waals surface area contributed by atoms with Crippen molar-refractivity contribution < 1.29 is 14.3 Å². The van der Waals surface area contributed by atoms with Crippen molar-refractivity contribution >= 4 is 29.0 Å². The second kappa shape index (κ2) is 8.22. The summed E-state index contributed by atoms with van der Waals surface area (Å²) in [7, 11) is 1.38. The molecular formula is C21H22N2O3S. The molecule has 0 saturated carbocycles. The van der Waals surface area contributed by atoms with Crippen LogP contribution < -0.4 is 15.0 Å². The number of benzene rings is 2. The summed E-state index contributed by atoms with van der Waals surface area (Å²) >= 11 is 5.63. The van der Waals surface area contributed by atoms with E-state index in [1.165, 1.54) is 7.11 Å². The fourth-order valence-electron chi connectivity index (χ4n) is 3.24. The molecule has 0 radical (unpaired) electrons. The highest BCUT2D eigenvalue weighted by Gasteiger charge is 2.36. The lowest BCUT2D eigenvalue weighted by atomic mass is 9.94. The number of ether oxygens (including phenoxy) is 2. The van der Waals surface area contributed by atoms with Gasteiger partial charge < -0.3 is 14.8 Å². The molecule has 0 saturated heterocycles. The van der Waals surface area contributed by atoms with Crippen LogP contribution in [-0.4, -0.2) is 24.8 Å². The SMILES string of the molecule is CCOc1ccccc1[C@@H]1NC(=S)N(c2ccccc2)C(C)=C1C(=O)OC.